The molecule has 0 saturated carbocycles. The highest BCUT2D eigenvalue weighted by Gasteiger charge is 2.16. The van der Waals surface area contributed by atoms with E-state index in [9.17, 15) is 14.0 Å². The molecule has 0 radical (unpaired) electrons. The lowest BCUT2D eigenvalue weighted by Gasteiger charge is -2.22. The zero-order valence-electron chi connectivity index (χ0n) is 13.5. The van der Waals surface area contributed by atoms with E-state index >= 15 is 0 Å². The van der Waals surface area contributed by atoms with Crippen LogP contribution in [0.25, 0.3) is 0 Å². The van der Waals surface area contributed by atoms with Crippen LogP contribution in [0.5, 0.6) is 0 Å². The van der Waals surface area contributed by atoms with E-state index < -0.39 is 0 Å². The van der Waals surface area contributed by atoms with E-state index in [0.717, 1.165) is 10.4 Å². The average Bonchev–Trinajstić information content (AvgIpc) is 3.09. The number of halogens is 1. The van der Waals surface area contributed by atoms with Gasteiger partial charge in [-0.05, 0) is 35.6 Å². The maximum Gasteiger partial charge on any atom is 0.307 e. The van der Waals surface area contributed by atoms with Crippen molar-refractivity contribution in [1.82, 2.24) is 4.90 Å². The van der Waals surface area contributed by atoms with Crippen molar-refractivity contribution in [2.45, 2.75) is 19.3 Å². The van der Waals surface area contributed by atoms with Gasteiger partial charge in [0.25, 0.3) is 0 Å². The predicted molar refractivity (Wildman–Crippen MR) is 91.3 cm³/mol. The predicted octanol–water partition coefficient (Wildman–Crippen LogP) is 3.06. The number of amides is 1. The number of carbonyl (C=O) groups is 2. The standard InChI is InChI=1S/C18H20FNO3S/c1-23-18(22)9-11-20(17(21)13-16-3-2-12-24-16)10-8-14-4-6-15(19)7-5-14/h2-7,12H,8-11,13H2,1H3. The van der Waals surface area contributed by atoms with Crippen LogP contribution in [0.15, 0.2) is 41.8 Å². The highest BCUT2D eigenvalue weighted by molar-refractivity contribution is 7.10. The number of hydrogen-bond acceptors (Lipinski definition) is 4. The number of rotatable bonds is 8. The van der Waals surface area contributed by atoms with E-state index in [4.69, 9.17) is 0 Å². The molecule has 0 aliphatic rings. The molecule has 4 nitrogen and oxygen atoms in total. The summed E-state index contributed by atoms with van der Waals surface area (Å²) in [7, 11) is 1.33. The SMILES string of the molecule is COC(=O)CCN(CCc1ccc(F)cc1)C(=O)Cc1cccs1. The first-order valence-corrected chi connectivity index (χ1v) is 8.58. The minimum Gasteiger partial charge on any atom is -0.469 e. The Morgan fingerprint density at radius 2 is 1.92 bits per heavy atom. The molecule has 1 heterocycles. The van der Waals surface area contributed by atoms with Crippen LogP contribution in [0, 0.1) is 5.82 Å². The number of benzene rings is 1. The summed E-state index contributed by atoms with van der Waals surface area (Å²) >= 11 is 1.53. The number of esters is 1. The fraction of sp³-hybridized carbons (Fsp3) is 0.333. The first-order chi connectivity index (χ1) is 11.6. The molecule has 0 unspecified atom stereocenters. The average molecular weight is 349 g/mol. The molecule has 0 saturated heterocycles. The van der Waals surface area contributed by atoms with Gasteiger partial charge in [0.15, 0.2) is 0 Å². The summed E-state index contributed by atoms with van der Waals surface area (Å²) in [5.41, 5.74) is 0.948. The summed E-state index contributed by atoms with van der Waals surface area (Å²) in [6.45, 7) is 0.797. The smallest absolute Gasteiger partial charge is 0.307 e. The van der Waals surface area contributed by atoms with E-state index in [1.54, 1.807) is 17.0 Å². The lowest BCUT2D eigenvalue weighted by molar-refractivity contribution is -0.141. The molecule has 128 valence electrons. The summed E-state index contributed by atoms with van der Waals surface area (Å²) in [6, 6.07) is 10.0. The molecule has 0 atom stereocenters. The Labute approximate surface area is 144 Å². The Hall–Kier alpha value is -2.21. The second kappa shape index (κ2) is 9.17. The number of thiophene rings is 1. The zero-order valence-corrected chi connectivity index (χ0v) is 14.4. The lowest BCUT2D eigenvalue weighted by Crippen LogP contribution is -2.35. The molecule has 0 aliphatic heterocycles. The van der Waals surface area contributed by atoms with Gasteiger partial charge in [0.1, 0.15) is 5.82 Å². The Morgan fingerprint density at radius 3 is 2.54 bits per heavy atom. The van der Waals surface area contributed by atoms with Crippen LogP contribution in [0.1, 0.15) is 16.9 Å². The fourth-order valence-corrected chi connectivity index (χ4v) is 2.97. The van der Waals surface area contributed by atoms with Crippen molar-refractivity contribution < 1.29 is 18.7 Å². The van der Waals surface area contributed by atoms with Gasteiger partial charge >= 0.3 is 5.97 Å². The third-order valence-electron chi connectivity index (χ3n) is 3.66. The van der Waals surface area contributed by atoms with Crippen LogP contribution in [-0.4, -0.2) is 37.0 Å². The van der Waals surface area contributed by atoms with Crippen LogP contribution in [0.4, 0.5) is 4.39 Å². The Morgan fingerprint density at radius 1 is 1.17 bits per heavy atom. The quantitative estimate of drug-likeness (QED) is 0.688. The van der Waals surface area contributed by atoms with Crippen molar-refractivity contribution >= 4 is 23.2 Å². The van der Waals surface area contributed by atoms with Crippen LogP contribution in [0.2, 0.25) is 0 Å². The van der Waals surface area contributed by atoms with Gasteiger partial charge in [-0.2, -0.15) is 0 Å². The first kappa shape index (κ1) is 18.1. The van der Waals surface area contributed by atoms with Crippen LogP contribution in [0.3, 0.4) is 0 Å². The highest BCUT2D eigenvalue weighted by Crippen LogP contribution is 2.12. The molecule has 2 aromatic rings. The number of nitrogens with zero attached hydrogens (tertiary/aromatic N) is 1. The van der Waals surface area contributed by atoms with Gasteiger partial charge in [0.2, 0.25) is 5.91 Å². The van der Waals surface area contributed by atoms with Crippen LogP contribution >= 0.6 is 11.3 Å². The maximum atomic E-state index is 13.0. The second-order valence-electron chi connectivity index (χ2n) is 5.34. The fourth-order valence-electron chi connectivity index (χ4n) is 2.28. The molecule has 0 N–H and O–H groups in total. The van der Waals surface area contributed by atoms with Gasteiger partial charge < -0.3 is 9.64 Å². The Kier molecular flexibility index (Phi) is 6.93. The van der Waals surface area contributed by atoms with Gasteiger partial charge in [-0.25, -0.2) is 4.39 Å². The number of ether oxygens (including phenoxy) is 1. The summed E-state index contributed by atoms with van der Waals surface area (Å²) in [5, 5.41) is 1.93. The molecule has 1 aromatic carbocycles. The molecule has 0 bridgehead atoms. The molecule has 0 fully saturated rings. The van der Waals surface area contributed by atoms with Gasteiger partial charge in [0.05, 0.1) is 20.0 Å². The molecule has 6 heteroatoms. The zero-order chi connectivity index (χ0) is 17.4. The third kappa shape index (κ3) is 5.77. The molecule has 1 amide bonds. The molecule has 0 aliphatic carbocycles. The molecule has 2 rings (SSSR count). The third-order valence-corrected chi connectivity index (χ3v) is 4.53. The van der Waals surface area contributed by atoms with E-state index in [1.807, 2.05) is 17.5 Å². The summed E-state index contributed by atoms with van der Waals surface area (Å²) < 4.78 is 17.6. The minimum atomic E-state index is -0.342. The van der Waals surface area contributed by atoms with E-state index in [1.165, 1.54) is 30.6 Å². The van der Waals surface area contributed by atoms with Gasteiger partial charge in [0, 0.05) is 18.0 Å². The van der Waals surface area contributed by atoms with E-state index in [0.29, 0.717) is 25.9 Å². The van der Waals surface area contributed by atoms with Crippen molar-refractivity contribution in [1.29, 1.82) is 0 Å². The van der Waals surface area contributed by atoms with Gasteiger partial charge in [-0.15, -0.1) is 11.3 Å². The second-order valence-corrected chi connectivity index (χ2v) is 6.37. The summed E-state index contributed by atoms with van der Waals surface area (Å²) in [4.78, 5) is 26.5. The highest BCUT2D eigenvalue weighted by atomic mass is 32.1. The number of hydrogen-bond donors (Lipinski definition) is 0. The molecule has 1 aromatic heterocycles. The molecule has 0 spiro atoms. The minimum absolute atomic E-state index is 0.0246. The Balaban J connectivity index is 1.96. The largest absolute Gasteiger partial charge is 0.469 e. The van der Waals surface area contributed by atoms with Crippen LogP contribution in [-0.2, 0) is 27.2 Å². The van der Waals surface area contributed by atoms with Crippen molar-refractivity contribution in [2.75, 3.05) is 20.2 Å². The van der Waals surface area contributed by atoms with E-state index in [2.05, 4.69) is 4.74 Å². The topological polar surface area (TPSA) is 46.6 Å². The van der Waals surface area contributed by atoms with Crippen LogP contribution < -0.4 is 0 Å². The lowest BCUT2D eigenvalue weighted by atomic mass is 10.1. The summed E-state index contributed by atoms with van der Waals surface area (Å²) in [5.74, 6) is -0.649. The molecular weight excluding hydrogens is 329 g/mol. The van der Waals surface area contributed by atoms with Gasteiger partial charge in [-0.1, -0.05) is 18.2 Å². The van der Waals surface area contributed by atoms with Gasteiger partial charge in [-0.3, -0.25) is 9.59 Å². The number of carbonyl (C=O) groups excluding carboxylic acids is 2. The Bertz CT molecular complexity index is 655. The monoisotopic (exact) mass is 349 g/mol. The summed E-state index contributed by atoms with van der Waals surface area (Å²) in [6.07, 6.45) is 1.09. The van der Waals surface area contributed by atoms with Crippen molar-refractivity contribution in [3.63, 3.8) is 0 Å². The molecular formula is C18H20FNO3S. The maximum absolute atomic E-state index is 13.0. The molecule has 24 heavy (non-hydrogen) atoms. The van der Waals surface area contributed by atoms with Crippen molar-refractivity contribution in [3.8, 4) is 0 Å². The van der Waals surface area contributed by atoms with E-state index in [-0.39, 0.29) is 24.1 Å². The first-order valence-electron chi connectivity index (χ1n) is 7.70. The van der Waals surface area contributed by atoms with Crippen molar-refractivity contribution in [3.05, 3.63) is 58.0 Å². The van der Waals surface area contributed by atoms with Crippen molar-refractivity contribution in [2.24, 2.45) is 0 Å². The normalized spacial score (nSPS) is 10.4. The number of methoxy groups -OCH3 is 1.